The number of carbonyl (C=O) groups excluding carboxylic acids is 1. The lowest BCUT2D eigenvalue weighted by molar-refractivity contribution is -0.118. The zero-order chi connectivity index (χ0) is 22.3. The molecule has 0 aliphatic heterocycles. The van der Waals surface area contributed by atoms with E-state index in [9.17, 15) is 9.90 Å². The van der Waals surface area contributed by atoms with Gasteiger partial charge < -0.3 is 5.11 Å². The largest absolute Gasteiger partial charge is 0.507 e. The average Bonchev–Trinajstić information content (AvgIpc) is 3.24. The third-order valence-electron chi connectivity index (χ3n) is 4.62. The first-order chi connectivity index (χ1) is 15.6. The van der Waals surface area contributed by atoms with E-state index < -0.39 is 0 Å². The van der Waals surface area contributed by atoms with E-state index >= 15 is 0 Å². The van der Waals surface area contributed by atoms with Gasteiger partial charge in [0.1, 0.15) is 5.75 Å². The van der Waals surface area contributed by atoms with Crippen LogP contribution in [0.3, 0.4) is 0 Å². The summed E-state index contributed by atoms with van der Waals surface area (Å²) in [6.07, 6.45) is 1.40. The highest BCUT2D eigenvalue weighted by molar-refractivity contribution is 7.99. The lowest BCUT2D eigenvalue weighted by Gasteiger charge is -2.10. The number of nitrogens with one attached hydrogen (secondary N) is 1. The van der Waals surface area contributed by atoms with Gasteiger partial charge in [0.15, 0.2) is 11.0 Å². The molecular weight excluding hydrogens is 422 g/mol. The highest BCUT2D eigenvalue weighted by Gasteiger charge is 2.17. The van der Waals surface area contributed by atoms with Crippen molar-refractivity contribution in [3.8, 4) is 22.8 Å². The van der Waals surface area contributed by atoms with E-state index in [-0.39, 0.29) is 17.4 Å². The number of phenolic OH excluding ortho intramolecular Hbond substituents is 1. The van der Waals surface area contributed by atoms with Crippen LogP contribution in [-0.2, 0) is 4.79 Å². The van der Waals surface area contributed by atoms with E-state index in [0.29, 0.717) is 16.5 Å². The number of hydrogen-bond acceptors (Lipinski definition) is 6. The molecule has 0 saturated heterocycles. The number of aromatic hydroxyl groups is 1. The summed E-state index contributed by atoms with van der Waals surface area (Å²) in [4.78, 5) is 12.3. The monoisotopic (exact) mass is 443 g/mol. The number of hydrogen-bond donors (Lipinski definition) is 2. The molecule has 32 heavy (non-hydrogen) atoms. The van der Waals surface area contributed by atoms with E-state index in [2.05, 4.69) is 20.7 Å². The van der Waals surface area contributed by atoms with Crippen molar-refractivity contribution in [2.24, 2.45) is 5.10 Å². The number of thioether (sulfide) groups is 1. The molecule has 0 radical (unpaired) electrons. The van der Waals surface area contributed by atoms with Gasteiger partial charge in [0.25, 0.3) is 5.91 Å². The fourth-order valence-electron chi connectivity index (χ4n) is 3.00. The highest BCUT2D eigenvalue weighted by atomic mass is 32.2. The van der Waals surface area contributed by atoms with Crippen molar-refractivity contribution in [2.75, 3.05) is 5.75 Å². The Morgan fingerprint density at radius 3 is 2.50 bits per heavy atom. The lowest BCUT2D eigenvalue weighted by atomic mass is 10.1. The van der Waals surface area contributed by atoms with Gasteiger partial charge in [-0.25, -0.2) is 5.43 Å². The SMILES string of the molecule is Cc1ccc(-c2nnc(SCC(=O)N/N=C\c3ccccc3O)n2-c2ccccc2)cc1. The Labute approximate surface area is 189 Å². The standard InChI is InChI=1S/C24H21N5O2S/c1-17-11-13-18(14-12-17)23-27-28-24(29(23)20-8-3-2-4-9-20)32-16-22(31)26-25-15-19-7-5-6-10-21(19)30/h2-15,30H,16H2,1H3,(H,26,31)/b25-15-. The quantitative estimate of drug-likeness (QED) is 0.254. The first-order valence-electron chi connectivity index (χ1n) is 9.92. The smallest absolute Gasteiger partial charge is 0.250 e. The molecule has 4 aromatic rings. The topological polar surface area (TPSA) is 92.4 Å². The van der Waals surface area contributed by atoms with Gasteiger partial charge in [-0.15, -0.1) is 10.2 Å². The highest BCUT2D eigenvalue weighted by Crippen LogP contribution is 2.28. The van der Waals surface area contributed by atoms with Crippen LogP contribution in [0.25, 0.3) is 17.1 Å². The first kappa shape index (κ1) is 21.3. The molecule has 0 bridgehead atoms. The summed E-state index contributed by atoms with van der Waals surface area (Å²) in [6.45, 7) is 2.03. The van der Waals surface area contributed by atoms with E-state index in [4.69, 9.17) is 0 Å². The predicted octanol–water partition coefficient (Wildman–Crippen LogP) is 4.19. The number of aryl methyl sites for hydroxylation is 1. The number of hydrazone groups is 1. The molecule has 0 saturated carbocycles. The van der Waals surface area contributed by atoms with Crippen LogP contribution in [0, 0.1) is 6.92 Å². The zero-order valence-corrected chi connectivity index (χ0v) is 18.2. The lowest BCUT2D eigenvalue weighted by Crippen LogP contribution is -2.20. The molecule has 160 valence electrons. The van der Waals surface area contributed by atoms with E-state index in [1.165, 1.54) is 18.0 Å². The molecule has 3 aromatic carbocycles. The number of carbonyl (C=O) groups is 1. The van der Waals surface area contributed by atoms with Crippen molar-refractivity contribution in [3.05, 3.63) is 90.0 Å². The Hall–Kier alpha value is -3.91. The Balaban J connectivity index is 1.50. The third kappa shape index (κ3) is 5.04. The molecule has 0 unspecified atom stereocenters. The summed E-state index contributed by atoms with van der Waals surface area (Å²) in [5.74, 6) is 0.620. The number of nitrogens with zero attached hydrogens (tertiary/aromatic N) is 4. The molecule has 4 rings (SSSR count). The second-order valence-electron chi connectivity index (χ2n) is 6.98. The molecule has 1 amide bonds. The van der Waals surface area contributed by atoms with Crippen LogP contribution in [-0.4, -0.2) is 37.7 Å². The molecule has 0 aliphatic carbocycles. The van der Waals surface area contributed by atoms with Gasteiger partial charge in [0.05, 0.1) is 12.0 Å². The van der Waals surface area contributed by atoms with Crippen molar-refractivity contribution >= 4 is 23.9 Å². The van der Waals surface area contributed by atoms with Gasteiger partial charge in [-0.2, -0.15) is 5.10 Å². The zero-order valence-electron chi connectivity index (χ0n) is 17.3. The van der Waals surface area contributed by atoms with E-state index in [1.54, 1.807) is 24.3 Å². The Kier molecular flexibility index (Phi) is 6.62. The second-order valence-corrected chi connectivity index (χ2v) is 7.93. The van der Waals surface area contributed by atoms with Gasteiger partial charge in [-0.1, -0.05) is 71.9 Å². The predicted molar refractivity (Wildman–Crippen MR) is 126 cm³/mol. The van der Waals surface area contributed by atoms with Crippen LogP contribution < -0.4 is 5.43 Å². The van der Waals surface area contributed by atoms with Gasteiger partial charge >= 0.3 is 0 Å². The summed E-state index contributed by atoms with van der Waals surface area (Å²) < 4.78 is 1.94. The van der Waals surface area contributed by atoms with Crippen molar-refractivity contribution in [3.63, 3.8) is 0 Å². The Bertz CT molecular complexity index is 1240. The summed E-state index contributed by atoms with van der Waals surface area (Å²) in [6, 6.07) is 24.6. The molecular formula is C24H21N5O2S. The molecule has 7 nitrogen and oxygen atoms in total. The molecule has 0 aliphatic rings. The second kappa shape index (κ2) is 9.93. The maximum Gasteiger partial charge on any atom is 0.250 e. The Morgan fingerprint density at radius 1 is 1.03 bits per heavy atom. The molecule has 0 spiro atoms. The van der Waals surface area contributed by atoms with Gasteiger partial charge in [-0.05, 0) is 31.2 Å². The van der Waals surface area contributed by atoms with Crippen LogP contribution in [0.2, 0.25) is 0 Å². The number of benzene rings is 3. The van der Waals surface area contributed by atoms with Crippen molar-refractivity contribution in [2.45, 2.75) is 12.1 Å². The van der Waals surface area contributed by atoms with Crippen LogP contribution >= 0.6 is 11.8 Å². The van der Waals surface area contributed by atoms with Gasteiger partial charge in [0.2, 0.25) is 0 Å². The van der Waals surface area contributed by atoms with Crippen LogP contribution in [0.4, 0.5) is 0 Å². The number of aromatic nitrogens is 3. The fourth-order valence-corrected chi connectivity index (χ4v) is 3.74. The maximum atomic E-state index is 12.3. The van der Waals surface area contributed by atoms with Crippen molar-refractivity contribution in [1.82, 2.24) is 20.2 Å². The van der Waals surface area contributed by atoms with Gasteiger partial charge in [-0.3, -0.25) is 9.36 Å². The summed E-state index contributed by atoms with van der Waals surface area (Å²) >= 11 is 1.27. The number of amides is 1. The molecule has 1 aromatic heterocycles. The van der Waals surface area contributed by atoms with Crippen LogP contribution in [0.1, 0.15) is 11.1 Å². The van der Waals surface area contributed by atoms with E-state index in [0.717, 1.165) is 16.8 Å². The van der Waals surface area contributed by atoms with Gasteiger partial charge in [0, 0.05) is 16.8 Å². The summed E-state index contributed by atoms with van der Waals surface area (Å²) in [5, 5.41) is 23.0. The molecule has 2 N–H and O–H groups in total. The molecule has 1 heterocycles. The number of phenols is 1. The fraction of sp³-hybridized carbons (Fsp3) is 0.0833. The summed E-state index contributed by atoms with van der Waals surface area (Å²) in [5.41, 5.74) is 6.01. The maximum absolute atomic E-state index is 12.3. The van der Waals surface area contributed by atoms with Crippen LogP contribution in [0.15, 0.2) is 89.1 Å². The first-order valence-corrected chi connectivity index (χ1v) is 10.9. The molecule has 0 atom stereocenters. The van der Waals surface area contributed by atoms with Crippen molar-refractivity contribution in [1.29, 1.82) is 0 Å². The van der Waals surface area contributed by atoms with E-state index in [1.807, 2.05) is 66.1 Å². The molecule has 0 fully saturated rings. The normalized spacial score (nSPS) is 11.0. The number of rotatable bonds is 7. The number of para-hydroxylation sites is 2. The van der Waals surface area contributed by atoms with Crippen LogP contribution in [0.5, 0.6) is 5.75 Å². The minimum atomic E-state index is -0.291. The Morgan fingerprint density at radius 2 is 1.75 bits per heavy atom. The third-order valence-corrected chi connectivity index (χ3v) is 5.55. The summed E-state index contributed by atoms with van der Waals surface area (Å²) in [7, 11) is 0. The minimum Gasteiger partial charge on any atom is -0.507 e. The average molecular weight is 444 g/mol. The van der Waals surface area contributed by atoms with Crippen molar-refractivity contribution < 1.29 is 9.90 Å². The molecule has 8 heteroatoms. The minimum absolute atomic E-state index is 0.0967.